The summed E-state index contributed by atoms with van der Waals surface area (Å²) in [6, 6.07) is 0.313. The Labute approximate surface area is 102 Å². The lowest BCUT2D eigenvalue weighted by atomic mass is 9.85. The third-order valence-corrected chi connectivity index (χ3v) is 4.39. The van der Waals surface area contributed by atoms with E-state index in [-0.39, 0.29) is 0 Å². The smallest absolute Gasteiger partial charge is 0.0940 e. The van der Waals surface area contributed by atoms with E-state index in [4.69, 9.17) is 5.73 Å². The maximum absolute atomic E-state index is 6.15. The van der Waals surface area contributed by atoms with Gasteiger partial charge in [-0.05, 0) is 18.8 Å². The minimum absolute atomic E-state index is 0.313. The molecule has 1 atom stereocenters. The quantitative estimate of drug-likeness (QED) is 0.854. The summed E-state index contributed by atoms with van der Waals surface area (Å²) < 4.78 is 0. The van der Waals surface area contributed by atoms with Crippen LogP contribution >= 0.6 is 11.3 Å². The first-order chi connectivity index (χ1) is 7.84. The maximum Gasteiger partial charge on any atom is 0.0940 e. The normalized spacial score (nSPS) is 19.8. The molecule has 16 heavy (non-hydrogen) atoms. The highest BCUT2D eigenvalue weighted by Gasteiger charge is 2.15. The summed E-state index contributed by atoms with van der Waals surface area (Å²) >= 11 is 1.72. The molecule has 0 bridgehead atoms. The fraction of sp³-hybridized carbons (Fsp3) is 0.769. The molecule has 1 fully saturated rings. The molecule has 2 rings (SSSR count). The van der Waals surface area contributed by atoms with Crippen LogP contribution in [0.15, 0.2) is 11.6 Å². The van der Waals surface area contributed by atoms with Crippen LogP contribution in [0.3, 0.4) is 0 Å². The standard InChI is InChI=1S/C13H22N2S/c14-12(10-13-15-8-9-16-13)7-6-11-4-2-1-3-5-11/h8-9,11-12H,1-7,10,14H2. The van der Waals surface area contributed by atoms with E-state index in [1.165, 1.54) is 50.0 Å². The molecule has 1 unspecified atom stereocenters. The molecule has 0 aliphatic heterocycles. The zero-order valence-electron chi connectivity index (χ0n) is 9.90. The van der Waals surface area contributed by atoms with E-state index in [1.807, 2.05) is 11.6 Å². The SMILES string of the molecule is NC(CCC1CCCCC1)Cc1nccs1. The Morgan fingerprint density at radius 3 is 2.88 bits per heavy atom. The monoisotopic (exact) mass is 238 g/mol. The average Bonchev–Trinajstić information content (AvgIpc) is 2.81. The summed E-state index contributed by atoms with van der Waals surface area (Å²) in [5, 5.41) is 3.22. The summed E-state index contributed by atoms with van der Waals surface area (Å²) in [5.41, 5.74) is 6.15. The highest BCUT2D eigenvalue weighted by molar-refractivity contribution is 7.09. The van der Waals surface area contributed by atoms with E-state index in [1.54, 1.807) is 11.3 Å². The van der Waals surface area contributed by atoms with Gasteiger partial charge in [-0.1, -0.05) is 32.1 Å². The predicted molar refractivity (Wildman–Crippen MR) is 69.6 cm³/mol. The van der Waals surface area contributed by atoms with E-state index in [2.05, 4.69) is 4.98 Å². The van der Waals surface area contributed by atoms with Crippen LogP contribution in [0.4, 0.5) is 0 Å². The van der Waals surface area contributed by atoms with Crippen LogP contribution in [-0.4, -0.2) is 11.0 Å². The number of nitrogens with two attached hydrogens (primary N) is 1. The Morgan fingerprint density at radius 2 is 2.19 bits per heavy atom. The van der Waals surface area contributed by atoms with Gasteiger partial charge in [0.05, 0.1) is 5.01 Å². The van der Waals surface area contributed by atoms with Gasteiger partial charge in [0, 0.05) is 24.0 Å². The molecule has 1 aliphatic rings. The van der Waals surface area contributed by atoms with Crippen molar-refractivity contribution < 1.29 is 0 Å². The Morgan fingerprint density at radius 1 is 1.38 bits per heavy atom. The molecular formula is C13H22N2S. The van der Waals surface area contributed by atoms with Crippen LogP contribution in [0, 0.1) is 5.92 Å². The van der Waals surface area contributed by atoms with Gasteiger partial charge in [0.1, 0.15) is 0 Å². The maximum atomic E-state index is 6.15. The summed E-state index contributed by atoms with van der Waals surface area (Å²) in [4.78, 5) is 4.29. The lowest BCUT2D eigenvalue weighted by Gasteiger charge is -2.22. The largest absolute Gasteiger partial charge is 0.327 e. The fourth-order valence-corrected chi connectivity index (χ4v) is 3.32. The minimum Gasteiger partial charge on any atom is -0.327 e. The predicted octanol–water partition coefficient (Wildman–Crippen LogP) is 3.37. The van der Waals surface area contributed by atoms with Crippen molar-refractivity contribution in [2.45, 2.75) is 57.4 Å². The van der Waals surface area contributed by atoms with E-state index in [0.717, 1.165) is 12.3 Å². The second kappa shape index (κ2) is 6.36. The second-order valence-corrected chi connectivity index (χ2v) is 5.95. The second-order valence-electron chi connectivity index (χ2n) is 4.97. The number of thiazole rings is 1. The third kappa shape index (κ3) is 3.87. The van der Waals surface area contributed by atoms with Gasteiger partial charge < -0.3 is 5.73 Å². The third-order valence-electron chi connectivity index (χ3n) is 3.59. The Hall–Kier alpha value is -0.410. The van der Waals surface area contributed by atoms with Crippen molar-refractivity contribution in [2.24, 2.45) is 11.7 Å². The molecule has 90 valence electrons. The van der Waals surface area contributed by atoms with E-state index in [0.29, 0.717) is 6.04 Å². The minimum atomic E-state index is 0.313. The topological polar surface area (TPSA) is 38.9 Å². The van der Waals surface area contributed by atoms with Crippen molar-refractivity contribution in [1.29, 1.82) is 0 Å². The van der Waals surface area contributed by atoms with Gasteiger partial charge in [-0.3, -0.25) is 0 Å². The molecule has 2 N–H and O–H groups in total. The van der Waals surface area contributed by atoms with Gasteiger partial charge in [-0.25, -0.2) is 4.98 Å². The number of nitrogens with zero attached hydrogens (tertiary/aromatic N) is 1. The molecular weight excluding hydrogens is 216 g/mol. The van der Waals surface area contributed by atoms with Crippen molar-refractivity contribution in [2.75, 3.05) is 0 Å². The molecule has 3 heteroatoms. The molecule has 0 spiro atoms. The zero-order chi connectivity index (χ0) is 11.2. The van der Waals surface area contributed by atoms with E-state index in [9.17, 15) is 0 Å². The molecule has 1 heterocycles. The van der Waals surface area contributed by atoms with Crippen LogP contribution in [-0.2, 0) is 6.42 Å². The van der Waals surface area contributed by atoms with Crippen LogP contribution in [0.2, 0.25) is 0 Å². The summed E-state index contributed by atoms with van der Waals surface area (Å²) in [6.07, 6.45) is 12.5. The van der Waals surface area contributed by atoms with Gasteiger partial charge in [-0.15, -0.1) is 11.3 Å². The van der Waals surface area contributed by atoms with Crippen LogP contribution in [0.1, 0.15) is 50.0 Å². The molecule has 1 aliphatic carbocycles. The lowest BCUT2D eigenvalue weighted by molar-refractivity contribution is 0.323. The number of rotatable bonds is 5. The van der Waals surface area contributed by atoms with Crippen molar-refractivity contribution in [3.8, 4) is 0 Å². The highest BCUT2D eigenvalue weighted by atomic mass is 32.1. The molecule has 1 saturated carbocycles. The first kappa shape index (κ1) is 12.1. The van der Waals surface area contributed by atoms with E-state index < -0.39 is 0 Å². The molecule has 0 amide bonds. The van der Waals surface area contributed by atoms with Crippen molar-refractivity contribution in [3.05, 3.63) is 16.6 Å². The summed E-state index contributed by atoms with van der Waals surface area (Å²) in [7, 11) is 0. The first-order valence-electron chi connectivity index (χ1n) is 6.48. The zero-order valence-corrected chi connectivity index (χ0v) is 10.7. The summed E-state index contributed by atoms with van der Waals surface area (Å²) in [6.45, 7) is 0. The number of hydrogen-bond donors (Lipinski definition) is 1. The molecule has 0 radical (unpaired) electrons. The number of hydrogen-bond acceptors (Lipinski definition) is 3. The molecule has 1 aromatic rings. The molecule has 0 saturated heterocycles. The lowest BCUT2D eigenvalue weighted by Crippen LogP contribution is -2.24. The fourth-order valence-electron chi connectivity index (χ4n) is 2.61. The van der Waals surface area contributed by atoms with Gasteiger partial charge in [0.2, 0.25) is 0 Å². The van der Waals surface area contributed by atoms with Crippen molar-refractivity contribution >= 4 is 11.3 Å². The van der Waals surface area contributed by atoms with Gasteiger partial charge >= 0.3 is 0 Å². The van der Waals surface area contributed by atoms with E-state index >= 15 is 0 Å². The average molecular weight is 238 g/mol. The summed E-state index contributed by atoms with van der Waals surface area (Å²) in [5.74, 6) is 0.955. The number of aromatic nitrogens is 1. The van der Waals surface area contributed by atoms with Gasteiger partial charge in [0.25, 0.3) is 0 Å². The van der Waals surface area contributed by atoms with Crippen molar-refractivity contribution in [3.63, 3.8) is 0 Å². The first-order valence-corrected chi connectivity index (χ1v) is 7.36. The molecule has 0 aromatic carbocycles. The van der Waals surface area contributed by atoms with Gasteiger partial charge in [0.15, 0.2) is 0 Å². The van der Waals surface area contributed by atoms with Crippen LogP contribution < -0.4 is 5.73 Å². The Balaban J connectivity index is 1.65. The molecule has 2 nitrogen and oxygen atoms in total. The van der Waals surface area contributed by atoms with Crippen molar-refractivity contribution in [1.82, 2.24) is 4.98 Å². The van der Waals surface area contributed by atoms with Crippen LogP contribution in [0.5, 0.6) is 0 Å². The molecule has 1 aromatic heterocycles. The Bertz CT molecular complexity index is 278. The highest BCUT2D eigenvalue weighted by Crippen LogP contribution is 2.27. The Kier molecular flexibility index (Phi) is 4.79. The van der Waals surface area contributed by atoms with Gasteiger partial charge in [-0.2, -0.15) is 0 Å². The van der Waals surface area contributed by atoms with Crippen LogP contribution in [0.25, 0.3) is 0 Å².